The fourth-order valence-electron chi connectivity index (χ4n) is 4.06. The first kappa shape index (κ1) is 17.5. The third kappa shape index (κ3) is 3.16. The zero-order valence-corrected chi connectivity index (χ0v) is 15.1. The van der Waals surface area contributed by atoms with Gasteiger partial charge in [-0.2, -0.15) is 0 Å². The molecule has 1 saturated heterocycles. The van der Waals surface area contributed by atoms with Gasteiger partial charge in [0, 0.05) is 31.2 Å². The van der Waals surface area contributed by atoms with Gasteiger partial charge in [-0.15, -0.1) is 0 Å². The Hall–Kier alpha value is -2.89. The molecule has 4 rings (SSSR count). The highest BCUT2D eigenvalue weighted by Crippen LogP contribution is 2.37. The van der Waals surface area contributed by atoms with Crippen molar-refractivity contribution in [3.05, 3.63) is 65.0 Å². The molecule has 0 aromatic heterocycles. The third-order valence-electron chi connectivity index (χ3n) is 5.44. The number of methoxy groups -OCH3 is 1. The Kier molecular flexibility index (Phi) is 4.56. The van der Waals surface area contributed by atoms with Gasteiger partial charge in [-0.25, -0.2) is 4.39 Å². The number of carbonyl (C=O) groups is 2. The monoisotopic (exact) mass is 368 g/mol. The van der Waals surface area contributed by atoms with Crippen molar-refractivity contribution in [1.29, 1.82) is 0 Å². The summed E-state index contributed by atoms with van der Waals surface area (Å²) in [6.45, 7) is 1.78. The van der Waals surface area contributed by atoms with Gasteiger partial charge in [0.15, 0.2) is 0 Å². The second-order valence-electron chi connectivity index (χ2n) is 7.01. The van der Waals surface area contributed by atoms with E-state index in [9.17, 15) is 14.0 Å². The van der Waals surface area contributed by atoms with Crippen LogP contribution in [-0.4, -0.2) is 32.1 Å². The SMILES string of the molecule is COC(=O)C1C(=O)NCC1c1cc2c(cc1F)N(Cc1ccccc1)CC2. The number of nitrogens with zero attached hydrogens (tertiary/aromatic N) is 1. The number of rotatable bonds is 4. The predicted octanol–water partition coefficient (Wildman–Crippen LogP) is 2.39. The van der Waals surface area contributed by atoms with Crippen LogP contribution < -0.4 is 10.2 Å². The third-order valence-corrected chi connectivity index (χ3v) is 5.44. The van der Waals surface area contributed by atoms with Crippen LogP contribution >= 0.6 is 0 Å². The number of nitrogens with one attached hydrogen (secondary N) is 1. The van der Waals surface area contributed by atoms with Gasteiger partial charge in [0.25, 0.3) is 0 Å². The molecule has 0 aliphatic carbocycles. The molecule has 2 atom stereocenters. The molecule has 0 spiro atoms. The number of amides is 1. The highest BCUT2D eigenvalue weighted by Gasteiger charge is 2.43. The molecule has 1 N–H and O–H groups in total. The van der Waals surface area contributed by atoms with Crippen LogP contribution in [0.1, 0.15) is 22.6 Å². The van der Waals surface area contributed by atoms with Crippen molar-refractivity contribution in [2.24, 2.45) is 5.92 Å². The minimum Gasteiger partial charge on any atom is -0.468 e. The maximum atomic E-state index is 15.0. The number of hydrogen-bond donors (Lipinski definition) is 1. The maximum absolute atomic E-state index is 15.0. The molecule has 1 fully saturated rings. The second-order valence-corrected chi connectivity index (χ2v) is 7.01. The van der Waals surface area contributed by atoms with E-state index < -0.39 is 23.7 Å². The highest BCUT2D eigenvalue weighted by atomic mass is 19.1. The lowest BCUT2D eigenvalue weighted by Gasteiger charge is -2.21. The summed E-state index contributed by atoms with van der Waals surface area (Å²) >= 11 is 0. The lowest BCUT2D eigenvalue weighted by atomic mass is 9.87. The zero-order chi connectivity index (χ0) is 19.0. The van der Waals surface area contributed by atoms with Crippen LogP contribution in [0.3, 0.4) is 0 Å². The van der Waals surface area contributed by atoms with Crippen LogP contribution in [-0.2, 0) is 27.3 Å². The molecule has 2 aromatic carbocycles. The molecule has 27 heavy (non-hydrogen) atoms. The van der Waals surface area contributed by atoms with Crippen molar-refractivity contribution in [3.8, 4) is 0 Å². The van der Waals surface area contributed by atoms with Crippen molar-refractivity contribution < 1.29 is 18.7 Å². The number of anilines is 1. The van der Waals surface area contributed by atoms with Gasteiger partial charge in [0.1, 0.15) is 11.7 Å². The Balaban J connectivity index is 1.63. The number of ether oxygens (including phenoxy) is 1. The molecule has 2 aliphatic rings. The average molecular weight is 368 g/mol. The predicted molar refractivity (Wildman–Crippen MR) is 98.9 cm³/mol. The molecular formula is C21H21FN2O3. The van der Waals surface area contributed by atoms with E-state index in [0.717, 1.165) is 30.8 Å². The molecular weight excluding hydrogens is 347 g/mol. The Morgan fingerprint density at radius 2 is 2.07 bits per heavy atom. The lowest BCUT2D eigenvalue weighted by molar-refractivity contribution is -0.149. The summed E-state index contributed by atoms with van der Waals surface area (Å²) in [6.07, 6.45) is 0.812. The Labute approximate surface area is 157 Å². The van der Waals surface area contributed by atoms with Crippen LogP contribution in [0.15, 0.2) is 42.5 Å². The van der Waals surface area contributed by atoms with Gasteiger partial charge in [-0.1, -0.05) is 36.4 Å². The van der Waals surface area contributed by atoms with Crippen LogP contribution in [0.5, 0.6) is 0 Å². The van der Waals surface area contributed by atoms with Gasteiger partial charge < -0.3 is 15.0 Å². The zero-order valence-electron chi connectivity index (χ0n) is 15.1. The molecule has 140 valence electrons. The molecule has 0 radical (unpaired) electrons. The topological polar surface area (TPSA) is 58.6 Å². The van der Waals surface area contributed by atoms with Crippen LogP contribution in [0.4, 0.5) is 10.1 Å². The van der Waals surface area contributed by atoms with E-state index in [-0.39, 0.29) is 12.4 Å². The fraction of sp³-hybridized carbons (Fsp3) is 0.333. The first-order chi connectivity index (χ1) is 13.1. The lowest BCUT2D eigenvalue weighted by Crippen LogP contribution is -2.28. The summed E-state index contributed by atoms with van der Waals surface area (Å²) in [5.74, 6) is -2.95. The van der Waals surface area contributed by atoms with Crippen LogP contribution in [0.25, 0.3) is 0 Å². The normalized spacial score (nSPS) is 21.1. The first-order valence-corrected chi connectivity index (χ1v) is 9.05. The molecule has 5 nitrogen and oxygen atoms in total. The molecule has 0 bridgehead atoms. The molecule has 2 aromatic rings. The van der Waals surface area contributed by atoms with Crippen molar-refractivity contribution in [1.82, 2.24) is 5.32 Å². The van der Waals surface area contributed by atoms with Crippen molar-refractivity contribution in [2.45, 2.75) is 18.9 Å². The summed E-state index contributed by atoms with van der Waals surface area (Å²) in [5.41, 5.74) is 3.51. The summed E-state index contributed by atoms with van der Waals surface area (Å²) in [5, 5.41) is 2.65. The van der Waals surface area contributed by atoms with Gasteiger partial charge in [0.2, 0.25) is 5.91 Å². The molecule has 2 heterocycles. The number of esters is 1. The van der Waals surface area contributed by atoms with Gasteiger partial charge in [-0.3, -0.25) is 9.59 Å². The smallest absolute Gasteiger partial charge is 0.318 e. The van der Waals surface area contributed by atoms with Gasteiger partial charge >= 0.3 is 5.97 Å². The molecule has 0 saturated carbocycles. The van der Waals surface area contributed by atoms with E-state index in [2.05, 4.69) is 22.3 Å². The van der Waals surface area contributed by atoms with E-state index in [1.54, 1.807) is 0 Å². The minimum atomic E-state index is -0.996. The van der Waals surface area contributed by atoms with Crippen molar-refractivity contribution in [3.63, 3.8) is 0 Å². The van der Waals surface area contributed by atoms with Crippen molar-refractivity contribution in [2.75, 3.05) is 25.1 Å². The molecule has 6 heteroatoms. The maximum Gasteiger partial charge on any atom is 0.318 e. The quantitative estimate of drug-likeness (QED) is 0.665. The van der Waals surface area contributed by atoms with Crippen LogP contribution in [0, 0.1) is 11.7 Å². The Morgan fingerprint density at radius 3 is 2.81 bits per heavy atom. The summed E-state index contributed by atoms with van der Waals surface area (Å²) in [4.78, 5) is 26.2. The molecule has 2 aliphatic heterocycles. The average Bonchev–Trinajstić information content (AvgIpc) is 3.24. The Morgan fingerprint density at radius 1 is 1.30 bits per heavy atom. The van der Waals surface area contributed by atoms with Crippen molar-refractivity contribution >= 4 is 17.6 Å². The van der Waals surface area contributed by atoms with E-state index in [0.29, 0.717) is 5.56 Å². The van der Waals surface area contributed by atoms with E-state index in [1.165, 1.54) is 18.7 Å². The largest absolute Gasteiger partial charge is 0.468 e. The first-order valence-electron chi connectivity index (χ1n) is 9.05. The van der Waals surface area contributed by atoms with Gasteiger partial charge in [0.05, 0.1) is 7.11 Å². The molecule has 1 amide bonds. The summed E-state index contributed by atoms with van der Waals surface area (Å²) in [6, 6.07) is 13.4. The number of benzene rings is 2. The number of carbonyl (C=O) groups excluding carboxylic acids is 2. The summed E-state index contributed by atoms with van der Waals surface area (Å²) in [7, 11) is 1.24. The minimum absolute atomic E-state index is 0.238. The highest BCUT2D eigenvalue weighted by molar-refractivity contribution is 6.00. The van der Waals surface area contributed by atoms with E-state index in [1.807, 2.05) is 24.3 Å². The number of fused-ring (bicyclic) bond motifs is 1. The van der Waals surface area contributed by atoms with E-state index in [4.69, 9.17) is 4.74 Å². The second kappa shape index (κ2) is 7.02. The van der Waals surface area contributed by atoms with E-state index >= 15 is 0 Å². The standard InChI is InChI=1S/C21H21FN2O3/c1-27-21(26)19-16(11-23-20(19)25)15-9-14-7-8-24(18(14)10-17(15)22)12-13-5-3-2-4-6-13/h2-6,9-10,16,19H,7-8,11-12H2,1H3,(H,23,25). The van der Waals surface area contributed by atoms with Crippen LogP contribution in [0.2, 0.25) is 0 Å². The number of hydrogen-bond acceptors (Lipinski definition) is 4. The molecule has 2 unspecified atom stereocenters. The summed E-state index contributed by atoms with van der Waals surface area (Å²) < 4.78 is 19.7. The Bertz CT molecular complexity index is 884. The van der Waals surface area contributed by atoms with Gasteiger partial charge in [-0.05, 0) is 29.2 Å². The fourth-order valence-corrected chi connectivity index (χ4v) is 4.06. The number of halogens is 1.